The molecule has 1 aliphatic rings. The van der Waals surface area contributed by atoms with Gasteiger partial charge in [-0.25, -0.2) is 4.99 Å². The lowest BCUT2D eigenvalue weighted by atomic mass is 10.1. The van der Waals surface area contributed by atoms with E-state index in [1.54, 1.807) is 7.11 Å². The van der Waals surface area contributed by atoms with Crippen molar-refractivity contribution in [2.45, 2.75) is 58.1 Å². The third-order valence-corrected chi connectivity index (χ3v) is 4.92. The lowest BCUT2D eigenvalue weighted by molar-refractivity contribution is -0.119. The van der Waals surface area contributed by atoms with Crippen LogP contribution in [0.4, 0.5) is 0 Å². The van der Waals surface area contributed by atoms with Crippen molar-refractivity contribution in [3.05, 3.63) is 29.8 Å². The topological polar surface area (TPSA) is 84.0 Å². The zero-order chi connectivity index (χ0) is 20.7. The van der Waals surface area contributed by atoms with Gasteiger partial charge in [0.25, 0.3) is 0 Å². The maximum absolute atomic E-state index is 12.1. The van der Waals surface area contributed by atoms with Crippen LogP contribution in [0.15, 0.2) is 29.3 Å². The molecule has 0 bridgehead atoms. The predicted octanol–water partition coefficient (Wildman–Crippen LogP) is 3.22. The number of amides is 1. The highest BCUT2D eigenvalue weighted by molar-refractivity contribution is 14.0. The van der Waals surface area contributed by atoms with E-state index in [1.165, 1.54) is 38.5 Å². The van der Waals surface area contributed by atoms with Crippen molar-refractivity contribution in [2.24, 2.45) is 4.99 Å². The third kappa shape index (κ3) is 11.0. The van der Waals surface area contributed by atoms with Crippen LogP contribution in [-0.4, -0.2) is 51.3 Å². The Labute approximate surface area is 197 Å². The van der Waals surface area contributed by atoms with Crippen LogP contribution in [0.25, 0.3) is 0 Å². The van der Waals surface area contributed by atoms with Crippen molar-refractivity contribution in [1.82, 2.24) is 16.0 Å². The molecule has 1 aromatic rings. The summed E-state index contributed by atoms with van der Waals surface area (Å²) >= 11 is 0. The number of carbonyl (C=O) groups is 1. The molecule has 1 amide bonds. The molecule has 3 N–H and O–H groups in total. The molecule has 0 atom stereocenters. The smallest absolute Gasteiger partial charge is 0.242 e. The van der Waals surface area contributed by atoms with Crippen molar-refractivity contribution in [3.8, 4) is 5.75 Å². The van der Waals surface area contributed by atoms with Crippen molar-refractivity contribution >= 4 is 35.8 Å². The SMILES string of the molecule is CCNC(=NCC(=O)NCc1ccc(OC)cc1)NCCOC1CCCCCC1.I. The quantitative estimate of drug-likeness (QED) is 0.142. The van der Waals surface area contributed by atoms with Crippen LogP contribution in [0, 0.1) is 0 Å². The summed E-state index contributed by atoms with van der Waals surface area (Å²) in [6.45, 7) is 4.62. The number of ether oxygens (including phenoxy) is 2. The first kappa shape index (κ1) is 26.5. The molecule has 1 fully saturated rings. The fourth-order valence-corrected chi connectivity index (χ4v) is 3.30. The van der Waals surface area contributed by atoms with E-state index >= 15 is 0 Å². The van der Waals surface area contributed by atoms with Crippen LogP contribution in [-0.2, 0) is 16.1 Å². The summed E-state index contributed by atoms with van der Waals surface area (Å²) in [4.78, 5) is 16.5. The number of carbonyl (C=O) groups excluding carboxylic acids is 1. The number of methoxy groups -OCH3 is 1. The summed E-state index contributed by atoms with van der Waals surface area (Å²) < 4.78 is 11.1. The highest BCUT2D eigenvalue weighted by Crippen LogP contribution is 2.19. The van der Waals surface area contributed by atoms with E-state index < -0.39 is 0 Å². The van der Waals surface area contributed by atoms with E-state index in [0.717, 1.165) is 17.9 Å². The number of hydrogen-bond acceptors (Lipinski definition) is 4. The van der Waals surface area contributed by atoms with Crippen molar-refractivity contribution < 1.29 is 14.3 Å². The van der Waals surface area contributed by atoms with E-state index in [4.69, 9.17) is 9.47 Å². The molecular formula is C22H37IN4O3. The minimum atomic E-state index is -0.118. The van der Waals surface area contributed by atoms with Gasteiger partial charge in [0.05, 0.1) is 19.8 Å². The summed E-state index contributed by atoms with van der Waals surface area (Å²) in [6.07, 6.45) is 7.93. The minimum Gasteiger partial charge on any atom is -0.497 e. The van der Waals surface area contributed by atoms with E-state index in [-0.39, 0.29) is 36.4 Å². The van der Waals surface area contributed by atoms with Gasteiger partial charge in [0, 0.05) is 19.6 Å². The summed E-state index contributed by atoms with van der Waals surface area (Å²) in [5.74, 6) is 1.32. The molecule has 7 nitrogen and oxygen atoms in total. The normalized spacial score (nSPS) is 14.9. The molecular weight excluding hydrogens is 495 g/mol. The van der Waals surface area contributed by atoms with Gasteiger partial charge >= 0.3 is 0 Å². The second-order valence-corrected chi connectivity index (χ2v) is 7.23. The number of guanidine groups is 1. The molecule has 0 aliphatic heterocycles. The molecule has 1 saturated carbocycles. The highest BCUT2D eigenvalue weighted by Gasteiger charge is 2.12. The van der Waals surface area contributed by atoms with Crippen LogP contribution >= 0.6 is 24.0 Å². The minimum absolute atomic E-state index is 0. The van der Waals surface area contributed by atoms with Crippen molar-refractivity contribution in [2.75, 3.05) is 33.4 Å². The zero-order valence-electron chi connectivity index (χ0n) is 18.2. The molecule has 1 aromatic carbocycles. The first-order chi connectivity index (χ1) is 14.2. The van der Waals surface area contributed by atoms with Gasteiger partial charge in [-0.3, -0.25) is 4.79 Å². The second-order valence-electron chi connectivity index (χ2n) is 7.23. The molecule has 0 heterocycles. The molecule has 30 heavy (non-hydrogen) atoms. The second kappa shape index (κ2) is 16.2. The van der Waals surface area contributed by atoms with Gasteiger partial charge in [0.15, 0.2) is 5.96 Å². The fourth-order valence-electron chi connectivity index (χ4n) is 3.30. The number of hydrogen-bond donors (Lipinski definition) is 3. The Balaban J connectivity index is 0.00000450. The van der Waals surface area contributed by atoms with Crippen LogP contribution in [0.3, 0.4) is 0 Å². The zero-order valence-corrected chi connectivity index (χ0v) is 20.6. The monoisotopic (exact) mass is 532 g/mol. The number of nitrogens with one attached hydrogen (secondary N) is 3. The molecule has 170 valence electrons. The van der Waals surface area contributed by atoms with Crippen LogP contribution in [0.2, 0.25) is 0 Å². The summed E-state index contributed by atoms with van der Waals surface area (Å²) in [5.41, 5.74) is 1.02. The summed E-state index contributed by atoms with van der Waals surface area (Å²) in [6, 6.07) is 7.62. The molecule has 1 aliphatic carbocycles. The lowest BCUT2D eigenvalue weighted by Crippen LogP contribution is -2.40. The van der Waals surface area contributed by atoms with Gasteiger partial charge in [0.2, 0.25) is 5.91 Å². The molecule has 0 spiro atoms. The van der Waals surface area contributed by atoms with Crippen molar-refractivity contribution in [3.63, 3.8) is 0 Å². The van der Waals surface area contributed by atoms with Gasteiger partial charge in [-0.15, -0.1) is 24.0 Å². The maximum Gasteiger partial charge on any atom is 0.242 e. The average Bonchev–Trinajstić information content (AvgIpc) is 3.02. The predicted molar refractivity (Wildman–Crippen MR) is 132 cm³/mol. The number of aliphatic imine (C=N–C) groups is 1. The third-order valence-electron chi connectivity index (χ3n) is 4.92. The molecule has 0 aromatic heterocycles. The Morgan fingerprint density at radius 2 is 1.77 bits per heavy atom. The van der Waals surface area contributed by atoms with Gasteiger partial charge in [-0.2, -0.15) is 0 Å². The van der Waals surface area contributed by atoms with E-state index in [2.05, 4.69) is 20.9 Å². The van der Waals surface area contributed by atoms with Gasteiger partial charge in [-0.1, -0.05) is 37.8 Å². The van der Waals surface area contributed by atoms with Crippen LogP contribution in [0.5, 0.6) is 5.75 Å². The van der Waals surface area contributed by atoms with E-state index in [9.17, 15) is 4.79 Å². The summed E-state index contributed by atoms with van der Waals surface area (Å²) in [7, 11) is 1.63. The van der Waals surface area contributed by atoms with Crippen LogP contribution < -0.4 is 20.7 Å². The molecule has 0 saturated heterocycles. The lowest BCUT2D eigenvalue weighted by Gasteiger charge is -2.16. The Kier molecular flexibility index (Phi) is 14.3. The molecule has 0 unspecified atom stereocenters. The van der Waals surface area contributed by atoms with Crippen LogP contribution in [0.1, 0.15) is 51.0 Å². The first-order valence-corrected chi connectivity index (χ1v) is 10.7. The number of halogens is 1. The Hall–Kier alpha value is -1.55. The average molecular weight is 532 g/mol. The summed E-state index contributed by atoms with van der Waals surface area (Å²) in [5, 5.41) is 9.28. The molecule has 2 rings (SSSR count). The maximum atomic E-state index is 12.1. The molecule has 8 heteroatoms. The van der Waals surface area contributed by atoms with Crippen molar-refractivity contribution in [1.29, 1.82) is 0 Å². The fraction of sp³-hybridized carbons (Fsp3) is 0.636. The van der Waals surface area contributed by atoms with Gasteiger partial charge < -0.3 is 25.4 Å². The standard InChI is InChI=1S/C22H36N4O3.HI/c1-3-23-22(24-14-15-29-20-8-6-4-5-7-9-20)26-17-21(27)25-16-18-10-12-19(28-2)13-11-18;/h10-13,20H,3-9,14-17H2,1-2H3,(H,25,27)(H2,23,24,26);1H. The first-order valence-electron chi connectivity index (χ1n) is 10.7. The van der Waals surface area contributed by atoms with Gasteiger partial charge in [0.1, 0.15) is 12.3 Å². The van der Waals surface area contributed by atoms with E-state index in [1.807, 2.05) is 31.2 Å². The number of nitrogens with zero attached hydrogens (tertiary/aromatic N) is 1. The van der Waals surface area contributed by atoms with E-state index in [0.29, 0.717) is 31.8 Å². The molecule has 0 radical (unpaired) electrons. The Morgan fingerprint density at radius 3 is 2.40 bits per heavy atom. The number of rotatable bonds is 10. The Morgan fingerprint density at radius 1 is 1.07 bits per heavy atom. The number of benzene rings is 1. The Bertz CT molecular complexity index is 617. The van der Waals surface area contributed by atoms with Gasteiger partial charge in [-0.05, 0) is 37.5 Å². The largest absolute Gasteiger partial charge is 0.497 e. The highest BCUT2D eigenvalue weighted by atomic mass is 127.